The zero-order valence-corrected chi connectivity index (χ0v) is 12.9. The Balaban J connectivity index is 2.05. The van der Waals surface area contributed by atoms with Gasteiger partial charge in [-0.15, -0.1) is 0 Å². The maximum Gasteiger partial charge on any atom is 0.242 e. The van der Waals surface area contributed by atoms with Gasteiger partial charge in [0.25, 0.3) is 0 Å². The number of amides is 1. The molecule has 0 bridgehead atoms. The SMILES string of the molecule is N#CC(Cc1ccccc1)C(=O)Nc1cccc(I)c1. The van der Waals surface area contributed by atoms with Crippen LogP contribution in [0.4, 0.5) is 5.69 Å². The summed E-state index contributed by atoms with van der Waals surface area (Å²) in [5.41, 5.74) is 1.70. The molecule has 1 unspecified atom stereocenters. The lowest BCUT2D eigenvalue weighted by atomic mass is 10.00. The largest absolute Gasteiger partial charge is 0.325 e. The molecule has 2 rings (SSSR count). The summed E-state index contributed by atoms with van der Waals surface area (Å²) in [7, 11) is 0. The van der Waals surface area contributed by atoms with Gasteiger partial charge in [0.05, 0.1) is 6.07 Å². The zero-order valence-electron chi connectivity index (χ0n) is 10.7. The van der Waals surface area contributed by atoms with Crippen molar-refractivity contribution >= 4 is 34.2 Å². The maximum absolute atomic E-state index is 12.1. The normalized spacial score (nSPS) is 11.4. The van der Waals surface area contributed by atoms with E-state index in [9.17, 15) is 10.1 Å². The van der Waals surface area contributed by atoms with Crippen LogP contribution in [0, 0.1) is 20.8 Å². The van der Waals surface area contributed by atoms with Gasteiger partial charge in [0, 0.05) is 9.26 Å². The maximum atomic E-state index is 12.1. The number of halogens is 1. The second-order valence-electron chi connectivity index (χ2n) is 4.37. The van der Waals surface area contributed by atoms with E-state index in [0.717, 1.165) is 14.8 Å². The van der Waals surface area contributed by atoms with Gasteiger partial charge in [0.1, 0.15) is 5.92 Å². The van der Waals surface area contributed by atoms with E-state index in [-0.39, 0.29) is 5.91 Å². The van der Waals surface area contributed by atoms with Gasteiger partial charge < -0.3 is 5.32 Å². The van der Waals surface area contributed by atoms with Gasteiger partial charge in [-0.2, -0.15) is 5.26 Å². The molecule has 2 aromatic carbocycles. The summed E-state index contributed by atoms with van der Waals surface area (Å²) in [4.78, 5) is 12.1. The minimum Gasteiger partial charge on any atom is -0.325 e. The fraction of sp³-hybridized carbons (Fsp3) is 0.125. The van der Waals surface area contributed by atoms with Crippen LogP contribution in [0.5, 0.6) is 0 Å². The Morgan fingerprint density at radius 3 is 2.60 bits per heavy atom. The van der Waals surface area contributed by atoms with Crippen LogP contribution in [-0.2, 0) is 11.2 Å². The summed E-state index contributed by atoms with van der Waals surface area (Å²) in [6, 6.07) is 19.1. The highest BCUT2D eigenvalue weighted by molar-refractivity contribution is 14.1. The molecular weight excluding hydrogens is 363 g/mol. The Labute approximate surface area is 131 Å². The second-order valence-corrected chi connectivity index (χ2v) is 5.62. The Kier molecular flexibility index (Phi) is 5.13. The van der Waals surface area contributed by atoms with Crippen molar-refractivity contribution in [1.29, 1.82) is 5.26 Å². The van der Waals surface area contributed by atoms with Gasteiger partial charge in [-0.25, -0.2) is 0 Å². The fourth-order valence-corrected chi connectivity index (χ4v) is 2.39. The van der Waals surface area contributed by atoms with Crippen molar-refractivity contribution in [3.63, 3.8) is 0 Å². The van der Waals surface area contributed by atoms with Crippen molar-refractivity contribution in [3.8, 4) is 6.07 Å². The molecule has 2 aromatic rings. The molecule has 20 heavy (non-hydrogen) atoms. The van der Waals surface area contributed by atoms with E-state index in [1.807, 2.05) is 54.6 Å². The minimum absolute atomic E-state index is 0.265. The lowest BCUT2D eigenvalue weighted by molar-refractivity contribution is -0.118. The van der Waals surface area contributed by atoms with Crippen molar-refractivity contribution in [1.82, 2.24) is 0 Å². The van der Waals surface area contributed by atoms with E-state index in [4.69, 9.17) is 0 Å². The number of hydrogen-bond acceptors (Lipinski definition) is 2. The Morgan fingerprint density at radius 1 is 1.20 bits per heavy atom. The molecule has 4 heteroatoms. The van der Waals surface area contributed by atoms with Crippen molar-refractivity contribution in [2.75, 3.05) is 5.32 Å². The van der Waals surface area contributed by atoms with Crippen LogP contribution in [0.1, 0.15) is 5.56 Å². The monoisotopic (exact) mass is 376 g/mol. The third-order valence-corrected chi connectivity index (χ3v) is 3.52. The number of anilines is 1. The topological polar surface area (TPSA) is 52.9 Å². The van der Waals surface area contributed by atoms with Crippen molar-refractivity contribution in [3.05, 3.63) is 63.7 Å². The van der Waals surface area contributed by atoms with Crippen LogP contribution < -0.4 is 5.32 Å². The van der Waals surface area contributed by atoms with Crippen LogP contribution in [0.3, 0.4) is 0 Å². The number of carbonyl (C=O) groups excluding carboxylic acids is 1. The van der Waals surface area contributed by atoms with E-state index in [0.29, 0.717) is 6.42 Å². The quantitative estimate of drug-likeness (QED) is 0.829. The summed E-state index contributed by atoms with van der Waals surface area (Å²) in [6.45, 7) is 0. The van der Waals surface area contributed by atoms with E-state index in [2.05, 4.69) is 34.0 Å². The molecule has 1 atom stereocenters. The first kappa shape index (κ1) is 14.5. The fourth-order valence-electron chi connectivity index (χ4n) is 1.84. The number of nitriles is 1. The summed E-state index contributed by atoms with van der Waals surface area (Å²) < 4.78 is 1.04. The molecule has 0 spiro atoms. The summed E-state index contributed by atoms with van der Waals surface area (Å²) >= 11 is 2.18. The minimum atomic E-state index is -0.685. The number of nitrogens with one attached hydrogen (secondary N) is 1. The zero-order chi connectivity index (χ0) is 14.4. The van der Waals surface area contributed by atoms with E-state index < -0.39 is 5.92 Å². The third-order valence-electron chi connectivity index (χ3n) is 2.85. The molecule has 3 nitrogen and oxygen atoms in total. The number of rotatable bonds is 4. The van der Waals surface area contributed by atoms with Gasteiger partial charge in [0.15, 0.2) is 0 Å². The predicted molar refractivity (Wildman–Crippen MR) is 87.0 cm³/mol. The summed E-state index contributed by atoms with van der Waals surface area (Å²) in [6.07, 6.45) is 0.424. The first-order chi connectivity index (χ1) is 9.69. The van der Waals surface area contributed by atoms with Gasteiger partial charge >= 0.3 is 0 Å². The number of carbonyl (C=O) groups is 1. The summed E-state index contributed by atoms with van der Waals surface area (Å²) in [5, 5.41) is 12.0. The highest BCUT2D eigenvalue weighted by Crippen LogP contribution is 2.15. The molecular formula is C16H13IN2O. The van der Waals surface area contributed by atoms with Crippen molar-refractivity contribution in [2.24, 2.45) is 5.92 Å². The van der Waals surface area contributed by atoms with E-state index in [1.165, 1.54) is 0 Å². The molecule has 0 aliphatic heterocycles. The number of benzene rings is 2. The molecule has 0 aliphatic rings. The molecule has 0 saturated heterocycles. The average Bonchev–Trinajstić information content (AvgIpc) is 2.45. The lowest BCUT2D eigenvalue weighted by Gasteiger charge is -2.10. The van der Waals surface area contributed by atoms with Crippen LogP contribution in [0.15, 0.2) is 54.6 Å². The molecule has 0 heterocycles. The van der Waals surface area contributed by atoms with E-state index in [1.54, 1.807) is 0 Å². The lowest BCUT2D eigenvalue weighted by Crippen LogP contribution is -2.23. The highest BCUT2D eigenvalue weighted by Gasteiger charge is 2.18. The molecule has 0 aliphatic carbocycles. The predicted octanol–water partition coefficient (Wildman–Crippen LogP) is 3.61. The van der Waals surface area contributed by atoms with Gasteiger partial charge in [0.2, 0.25) is 5.91 Å². The number of hydrogen-bond donors (Lipinski definition) is 1. The molecule has 0 saturated carbocycles. The first-order valence-electron chi connectivity index (χ1n) is 6.19. The smallest absolute Gasteiger partial charge is 0.242 e. The van der Waals surface area contributed by atoms with Crippen molar-refractivity contribution < 1.29 is 4.79 Å². The average molecular weight is 376 g/mol. The van der Waals surface area contributed by atoms with Gasteiger partial charge in [-0.3, -0.25) is 4.79 Å². The van der Waals surface area contributed by atoms with Crippen LogP contribution in [0.2, 0.25) is 0 Å². The Bertz CT molecular complexity index is 634. The molecule has 1 amide bonds. The second kappa shape index (κ2) is 7.06. The van der Waals surface area contributed by atoms with Crippen LogP contribution in [-0.4, -0.2) is 5.91 Å². The first-order valence-corrected chi connectivity index (χ1v) is 7.27. The molecule has 0 aromatic heterocycles. The molecule has 0 radical (unpaired) electrons. The molecule has 0 fully saturated rings. The standard InChI is InChI=1S/C16H13IN2O/c17-14-7-4-8-15(10-14)19-16(20)13(11-18)9-12-5-2-1-3-6-12/h1-8,10,13H,9H2,(H,19,20). The Morgan fingerprint density at radius 2 is 1.95 bits per heavy atom. The Hall–Kier alpha value is -1.87. The molecule has 1 N–H and O–H groups in total. The third kappa shape index (κ3) is 4.07. The van der Waals surface area contributed by atoms with E-state index >= 15 is 0 Å². The number of nitrogens with zero attached hydrogens (tertiary/aromatic N) is 1. The molecule has 100 valence electrons. The van der Waals surface area contributed by atoms with Gasteiger partial charge in [-0.05, 0) is 52.8 Å². The van der Waals surface area contributed by atoms with Gasteiger partial charge in [-0.1, -0.05) is 36.4 Å². The highest BCUT2D eigenvalue weighted by atomic mass is 127. The van der Waals surface area contributed by atoms with Crippen molar-refractivity contribution in [2.45, 2.75) is 6.42 Å². The van der Waals surface area contributed by atoms with Crippen LogP contribution >= 0.6 is 22.6 Å². The van der Waals surface area contributed by atoms with Crippen LogP contribution in [0.25, 0.3) is 0 Å². The summed E-state index contributed by atoms with van der Waals surface area (Å²) in [5.74, 6) is -0.950.